The predicted molar refractivity (Wildman–Crippen MR) is 120 cm³/mol. The Kier molecular flexibility index (Phi) is 6.00. The fourth-order valence-electron chi connectivity index (χ4n) is 4.61. The van der Waals surface area contributed by atoms with E-state index in [4.69, 9.17) is 5.73 Å². The SMILES string of the molecule is NC(=O)C1(NCCCCCCc2ccccc2)C=C2c3ccccc3NC2CC1. The first kappa shape index (κ1) is 19.7. The van der Waals surface area contributed by atoms with Crippen molar-refractivity contribution in [3.05, 3.63) is 71.8 Å². The Morgan fingerprint density at radius 2 is 1.79 bits per heavy atom. The van der Waals surface area contributed by atoms with Crippen LogP contribution in [0.3, 0.4) is 0 Å². The molecule has 2 atom stereocenters. The molecule has 0 bridgehead atoms. The number of amides is 1. The number of anilines is 1. The Labute approximate surface area is 173 Å². The van der Waals surface area contributed by atoms with Gasteiger partial charge in [0.1, 0.15) is 5.54 Å². The molecule has 0 spiro atoms. The molecule has 4 rings (SSSR count). The lowest BCUT2D eigenvalue weighted by Gasteiger charge is -2.35. The molecule has 0 radical (unpaired) electrons. The predicted octanol–water partition coefficient (Wildman–Crippen LogP) is 4.27. The van der Waals surface area contributed by atoms with Crippen LogP contribution in [0.25, 0.3) is 5.57 Å². The van der Waals surface area contributed by atoms with Gasteiger partial charge in [-0.1, -0.05) is 61.4 Å². The third-order valence-electron chi connectivity index (χ3n) is 6.29. The lowest BCUT2D eigenvalue weighted by molar-refractivity contribution is -0.123. The number of primary amides is 1. The summed E-state index contributed by atoms with van der Waals surface area (Å²) in [6, 6.07) is 19.3. The molecule has 4 nitrogen and oxygen atoms in total. The van der Waals surface area contributed by atoms with Gasteiger partial charge in [-0.3, -0.25) is 4.79 Å². The molecule has 2 aromatic rings. The molecule has 0 saturated heterocycles. The highest BCUT2D eigenvalue weighted by Crippen LogP contribution is 2.42. The monoisotopic (exact) mass is 389 g/mol. The van der Waals surface area contributed by atoms with Crippen molar-refractivity contribution in [2.24, 2.45) is 5.73 Å². The fourth-order valence-corrected chi connectivity index (χ4v) is 4.61. The van der Waals surface area contributed by atoms with E-state index in [0.29, 0.717) is 6.04 Å². The topological polar surface area (TPSA) is 67.2 Å². The second kappa shape index (κ2) is 8.83. The van der Waals surface area contributed by atoms with Gasteiger partial charge in [0, 0.05) is 11.3 Å². The maximum atomic E-state index is 12.4. The van der Waals surface area contributed by atoms with Gasteiger partial charge in [-0.25, -0.2) is 0 Å². The van der Waals surface area contributed by atoms with Crippen molar-refractivity contribution < 1.29 is 4.79 Å². The molecule has 1 aliphatic carbocycles. The van der Waals surface area contributed by atoms with Crippen molar-refractivity contribution in [1.29, 1.82) is 0 Å². The van der Waals surface area contributed by atoms with E-state index < -0.39 is 5.54 Å². The molecule has 4 N–H and O–H groups in total. The summed E-state index contributed by atoms with van der Waals surface area (Å²) in [5.41, 5.74) is 10.1. The van der Waals surface area contributed by atoms with E-state index >= 15 is 0 Å². The average Bonchev–Trinajstić information content (AvgIpc) is 3.11. The van der Waals surface area contributed by atoms with Gasteiger partial charge in [0.15, 0.2) is 0 Å². The minimum Gasteiger partial charge on any atom is -0.378 e. The minimum absolute atomic E-state index is 0.267. The molecule has 0 saturated carbocycles. The Hall–Kier alpha value is -2.59. The second-order valence-electron chi connectivity index (χ2n) is 8.29. The van der Waals surface area contributed by atoms with Crippen LogP contribution in [-0.4, -0.2) is 24.0 Å². The number of nitrogens with two attached hydrogens (primary N) is 1. The van der Waals surface area contributed by atoms with E-state index in [9.17, 15) is 4.79 Å². The Balaban J connectivity index is 1.30. The number of nitrogens with one attached hydrogen (secondary N) is 2. The number of rotatable bonds is 9. The summed E-state index contributed by atoms with van der Waals surface area (Å²) in [4.78, 5) is 12.4. The molecule has 152 valence electrons. The van der Waals surface area contributed by atoms with Gasteiger partial charge in [-0.2, -0.15) is 0 Å². The van der Waals surface area contributed by atoms with E-state index in [1.807, 2.05) is 12.1 Å². The van der Waals surface area contributed by atoms with Gasteiger partial charge in [0.25, 0.3) is 0 Å². The molecule has 2 aromatic carbocycles. The molecular formula is C25H31N3O. The van der Waals surface area contributed by atoms with Crippen LogP contribution >= 0.6 is 0 Å². The number of para-hydroxylation sites is 1. The van der Waals surface area contributed by atoms with Crippen LogP contribution < -0.4 is 16.4 Å². The zero-order valence-electron chi connectivity index (χ0n) is 17.0. The van der Waals surface area contributed by atoms with Crippen molar-refractivity contribution in [2.75, 3.05) is 11.9 Å². The van der Waals surface area contributed by atoms with Gasteiger partial charge in [-0.15, -0.1) is 0 Å². The number of hydrogen-bond acceptors (Lipinski definition) is 3. The smallest absolute Gasteiger partial charge is 0.241 e. The standard InChI is InChI=1S/C25H31N3O/c26-24(29)25(27-17-9-2-1-4-10-19-11-5-3-6-12-19)16-15-23-21(18-25)20-13-7-8-14-22(20)28-23/h3,5-8,11-14,18,23,27-28H,1-2,4,9-10,15-17H2,(H2,26,29). The molecule has 0 fully saturated rings. The summed E-state index contributed by atoms with van der Waals surface area (Å²) in [5, 5.41) is 7.08. The Bertz CT molecular complexity index is 877. The number of hydrogen-bond donors (Lipinski definition) is 3. The number of carbonyl (C=O) groups is 1. The normalized spacial score (nSPS) is 22.3. The highest BCUT2D eigenvalue weighted by Gasteiger charge is 2.41. The summed E-state index contributed by atoms with van der Waals surface area (Å²) in [7, 11) is 0. The van der Waals surface area contributed by atoms with Crippen molar-refractivity contribution in [3.8, 4) is 0 Å². The third-order valence-corrected chi connectivity index (χ3v) is 6.29. The first-order valence-electron chi connectivity index (χ1n) is 10.9. The number of aryl methyl sites for hydroxylation is 1. The summed E-state index contributed by atoms with van der Waals surface area (Å²) in [6.07, 6.45) is 9.53. The second-order valence-corrected chi connectivity index (χ2v) is 8.29. The van der Waals surface area contributed by atoms with Crippen LogP contribution in [0.15, 0.2) is 60.7 Å². The molecule has 2 unspecified atom stereocenters. The molecular weight excluding hydrogens is 358 g/mol. The minimum atomic E-state index is -0.727. The molecule has 2 aliphatic rings. The largest absolute Gasteiger partial charge is 0.378 e. The quantitative estimate of drug-likeness (QED) is 0.561. The highest BCUT2D eigenvalue weighted by atomic mass is 16.1. The van der Waals surface area contributed by atoms with Crippen LogP contribution in [-0.2, 0) is 11.2 Å². The summed E-state index contributed by atoms with van der Waals surface area (Å²) in [6.45, 7) is 0.817. The molecule has 1 amide bonds. The van der Waals surface area contributed by atoms with E-state index in [0.717, 1.165) is 44.3 Å². The van der Waals surface area contributed by atoms with E-state index in [-0.39, 0.29) is 5.91 Å². The van der Waals surface area contributed by atoms with Crippen LogP contribution in [0.1, 0.15) is 49.7 Å². The van der Waals surface area contributed by atoms with Crippen molar-refractivity contribution >= 4 is 17.2 Å². The lowest BCUT2D eigenvalue weighted by Crippen LogP contribution is -2.56. The first-order chi connectivity index (χ1) is 14.2. The van der Waals surface area contributed by atoms with Gasteiger partial charge < -0.3 is 16.4 Å². The van der Waals surface area contributed by atoms with Gasteiger partial charge in [-0.05, 0) is 61.9 Å². The van der Waals surface area contributed by atoms with Gasteiger partial charge in [0.2, 0.25) is 5.91 Å². The van der Waals surface area contributed by atoms with Crippen LogP contribution in [0.4, 0.5) is 5.69 Å². The van der Waals surface area contributed by atoms with Gasteiger partial charge in [0.05, 0.1) is 6.04 Å². The average molecular weight is 390 g/mol. The molecule has 4 heteroatoms. The Morgan fingerprint density at radius 3 is 2.62 bits per heavy atom. The Morgan fingerprint density at radius 1 is 1.03 bits per heavy atom. The maximum absolute atomic E-state index is 12.4. The number of unbranched alkanes of at least 4 members (excludes halogenated alkanes) is 3. The zero-order valence-corrected chi connectivity index (χ0v) is 17.0. The molecule has 1 heterocycles. The third kappa shape index (κ3) is 4.38. The van der Waals surface area contributed by atoms with E-state index in [1.54, 1.807) is 0 Å². The van der Waals surface area contributed by atoms with Crippen LogP contribution in [0.5, 0.6) is 0 Å². The van der Waals surface area contributed by atoms with Crippen LogP contribution in [0, 0.1) is 0 Å². The van der Waals surface area contributed by atoms with Crippen molar-refractivity contribution in [3.63, 3.8) is 0 Å². The lowest BCUT2D eigenvalue weighted by atomic mass is 9.79. The van der Waals surface area contributed by atoms with Crippen LogP contribution in [0.2, 0.25) is 0 Å². The van der Waals surface area contributed by atoms with E-state index in [2.05, 4.69) is 59.2 Å². The number of fused-ring (bicyclic) bond motifs is 3. The summed E-state index contributed by atoms with van der Waals surface area (Å²) in [5.74, 6) is -0.267. The number of carbonyl (C=O) groups excluding carboxylic acids is 1. The highest BCUT2D eigenvalue weighted by molar-refractivity contribution is 5.95. The number of benzene rings is 2. The van der Waals surface area contributed by atoms with Gasteiger partial charge >= 0.3 is 0 Å². The van der Waals surface area contributed by atoms with E-state index in [1.165, 1.54) is 29.5 Å². The molecule has 1 aliphatic heterocycles. The molecule has 0 aromatic heterocycles. The fraction of sp³-hybridized carbons (Fsp3) is 0.400. The van der Waals surface area contributed by atoms with Crippen molar-refractivity contribution in [2.45, 2.75) is 56.5 Å². The summed E-state index contributed by atoms with van der Waals surface area (Å²) >= 11 is 0. The summed E-state index contributed by atoms with van der Waals surface area (Å²) < 4.78 is 0. The van der Waals surface area contributed by atoms with Crippen molar-refractivity contribution in [1.82, 2.24) is 5.32 Å². The molecule has 29 heavy (non-hydrogen) atoms. The maximum Gasteiger partial charge on any atom is 0.241 e. The first-order valence-corrected chi connectivity index (χ1v) is 10.9. The zero-order chi connectivity index (χ0) is 20.1.